The van der Waals surface area contributed by atoms with Crippen LogP contribution in [0.15, 0.2) is 260 Å². The number of anilines is 1. The molecule has 18 heteroatoms. The second kappa shape index (κ2) is 31.6. The van der Waals surface area contributed by atoms with Gasteiger partial charge in [-0.3, -0.25) is 20.0 Å². The Kier molecular flexibility index (Phi) is 21.3. The zero-order valence-electron chi connectivity index (χ0n) is 55.0. The van der Waals surface area contributed by atoms with E-state index < -0.39 is 0 Å². The smallest absolute Gasteiger partial charge is 0.180 e. The van der Waals surface area contributed by atoms with Crippen molar-refractivity contribution in [1.82, 2.24) is 19.9 Å². The maximum Gasteiger partial charge on any atom is 0.180 e. The van der Waals surface area contributed by atoms with Gasteiger partial charge < -0.3 is 40.2 Å². The number of ether oxygens (including phenoxy) is 2. The molecule has 0 saturated carbocycles. The van der Waals surface area contributed by atoms with Gasteiger partial charge in [0.15, 0.2) is 24.2 Å². The van der Waals surface area contributed by atoms with Crippen LogP contribution in [0.1, 0.15) is 92.3 Å². The summed E-state index contributed by atoms with van der Waals surface area (Å²) in [6, 6.07) is 40.4. The third kappa shape index (κ3) is 16.3. The van der Waals surface area contributed by atoms with Crippen molar-refractivity contribution in [2.45, 2.75) is 64.2 Å². The van der Waals surface area contributed by atoms with Gasteiger partial charge in [0.2, 0.25) is 0 Å². The number of aliphatic imine (C=N–C) groups is 5. The van der Waals surface area contributed by atoms with Crippen LogP contribution in [0.4, 0.5) is 11.4 Å². The van der Waals surface area contributed by atoms with Crippen LogP contribution in [0, 0.1) is 0 Å². The quantitative estimate of drug-likeness (QED) is 0.0145. The number of aromatic amines is 1. The van der Waals surface area contributed by atoms with Crippen molar-refractivity contribution >= 4 is 102 Å². The minimum absolute atomic E-state index is 0.174. The lowest BCUT2D eigenvalue weighted by atomic mass is 9.97. The molecule has 0 spiro atoms. The molecular formula is C80H78Cl2N12O4+2. The van der Waals surface area contributed by atoms with Crippen LogP contribution in [0.25, 0.3) is 38.5 Å². The molecule has 8 aromatic rings. The monoisotopic (exact) mass is 1340 g/mol. The molecule has 0 radical (unpaired) electrons. The summed E-state index contributed by atoms with van der Waals surface area (Å²) in [6.45, 7) is 3.82. The summed E-state index contributed by atoms with van der Waals surface area (Å²) in [5.41, 5.74) is 17.9. The standard InChI is InChI=1S/C80H76Cl2N12O4/c1-93-45-35-55(36-46-93)79-69-29-27-67(90-69)77(53-13-19-59(20-14-53)97-49-9-3-11-75(95)87-41-7-5-39-83-63-33-43-85-73-51-57(81)17-23-61(63)73)65-25-26-66(89-65)78(68-28-30-70(91-68)80(72-32-31-71(79)92-72)56-37-47-94(2)48-38-56)54-15-21-60(22-16-54)98-50-10-4-12-76(96)88-42-8-6-40-84-64-34-44-86-74-52-58(82)18-24-62(64)74/h13-38,43-48,51-52H,3-12,39-42,49-50H2,1-2H3,(H4-,83,84,85,86,87,88,89,90,91,92,95,96)/p+2. The number of unbranched alkanes of at least 4 members (excludes halogenated alkanes) is 4. The number of rotatable bonds is 27. The van der Waals surface area contributed by atoms with Crippen molar-refractivity contribution in [3.63, 3.8) is 0 Å². The Morgan fingerprint density at radius 1 is 0.541 bits per heavy atom. The normalized spacial score (nSPS) is 15.2. The number of allylic oxidation sites excluding steroid dienone is 11. The molecular weight excluding hydrogens is 1260 g/mol. The number of nitrogens with two attached hydrogens (primary N) is 1. The Bertz CT molecular complexity index is 4740. The predicted octanol–water partition coefficient (Wildman–Crippen LogP) is 16.1. The highest BCUT2D eigenvalue weighted by Crippen LogP contribution is 2.39. The number of hydrogen-bond donors (Lipinski definition) is 5. The van der Waals surface area contributed by atoms with E-state index in [9.17, 15) is 10.2 Å². The van der Waals surface area contributed by atoms with Crippen LogP contribution in [0.5, 0.6) is 11.5 Å². The minimum Gasteiger partial charge on any atom is -0.497 e. The van der Waals surface area contributed by atoms with Crippen molar-refractivity contribution in [1.29, 1.82) is 0 Å². The number of H-pyrrole nitrogens is 1. The maximum atomic E-state index is 10.6. The third-order valence-electron chi connectivity index (χ3n) is 17.5. The predicted molar refractivity (Wildman–Crippen MR) is 399 cm³/mol. The summed E-state index contributed by atoms with van der Waals surface area (Å²) in [6.07, 6.45) is 36.2. The summed E-state index contributed by atoms with van der Waals surface area (Å²) in [5, 5.41) is 30.5. The zero-order valence-corrected chi connectivity index (χ0v) is 56.5. The molecule has 4 aromatic carbocycles. The van der Waals surface area contributed by atoms with Crippen LogP contribution >= 0.6 is 23.2 Å². The van der Waals surface area contributed by atoms with Crippen molar-refractivity contribution in [2.24, 2.45) is 32.0 Å². The number of aromatic nitrogens is 4. The van der Waals surface area contributed by atoms with Gasteiger partial charge in [-0.05, 0) is 201 Å². The Morgan fingerprint density at radius 3 is 1.64 bits per heavy atom. The summed E-state index contributed by atoms with van der Waals surface area (Å²) >= 11 is 12.4. The number of halogens is 2. The average molecular weight is 1340 g/mol. The highest BCUT2D eigenvalue weighted by atomic mass is 35.5. The van der Waals surface area contributed by atoms with Gasteiger partial charge in [0.25, 0.3) is 0 Å². The number of nitrogens with one attached hydrogen (secondary N) is 2. The summed E-state index contributed by atoms with van der Waals surface area (Å²) < 4.78 is 14.7. The van der Waals surface area contributed by atoms with Gasteiger partial charge in [0, 0.05) is 137 Å². The van der Waals surface area contributed by atoms with Crippen molar-refractivity contribution in [3.05, 3.63) is 273 Å². The Hall–Kier alpha value is -10.5. The van der Waals surface area contributed by atoms with Gasteiger partial charge in [-0.1, -0.05) is 47.5 Å². The first kappa shape index (κ1) is 66.1. The lowest BCUT2D eigenvalue weighted by molar-refractivity contribution is -0.671. The van der Waals surface area contributed by atoms with E-state index in [1.807, 2.05) is 115 Å². The molecule has 494 valence electrons. The van der Waals surface area contributed by atoms with Crippen molar-refractivity contribution < 1.29 is 29.6 Å². The van der Waals surface area contributed by atoms with E-state index in [-0.39, 0.29) is 11.8 Å². The third-order valence-corrected chi connectivity index (χ3v) is 18.0. The fraction of sp³-hybridized carbons (Fsp3) is 0.225. The number of aryl methyl sites for hydroxylation is 1. The lowest BCUT2D eigenvalue weighted by Gasteiger charge is -2.16. The number of aliphatic hydroxyl groups excluding tert-OH is 2. The fourth-order valence-corrected chi connectivity index (χ4v) is 12.7. The van der Waals surface area contributed by atoms with Crippen molar-refractivity contribution in [2.75, 3.05) is 51.8 Å². The van der Waals surface area contributed by atoms with E-state index >= 15 is 0 Å². The Labute approximate surface area is 581 Å². The molecule has 0 amide bonds. The Morgan fingerprint density at radius 2 is 1.05 bits per heavy atom. The van der Waals surface area contributed by atoms with Gasteiger partial charge in [0.05, 0.1) is 70.4 Å². The first-order chi connectivity index (χ1) is 48.0. The molecule has 5 aliphatic rings. The van der Waals surface area contributed by atoms with Crippen LogP contribution in [0.3, 0.4) is 0 Å². The minimum atomic E-state index is 0.174. The van der Waals surface area contributed by atoms with E-state index in [0.29, 0.717) is 49.2 Å². The molecule has 0 aliphatic carbocycles. The summed E-state index contributed by atoms with van der Waals surface area (Å²) in [7, 11) is 4.04. The average Bonchev–Trinajstić information content (AvgIpc) is 1.61. The van der Waals surface area contributed by atoms with Crippen LogP contribution in [-0.4, -0.2) is 105 Å². The molecule has 98 heavy (non-hydrogen) atoms. The summed E-state index contributed by atoms with van der Waals surface area (Å²) in [5.74, 6) is 1.84. The van der Waals surface area contributed by atoms with Crippen LogP contribution < -0.4 is 24.7 Å². The molecule has 0 atom stereocenters. The molecule has 16 nitrogen and oxygen atoms in total. The first-order valence-corrected chi connectivity index (χ1v) is 34.4. The highest BCUT2D eigenvalue weighted by Gasteiger charge is 2.28. The van der Waals surface area contributed by atoms with Gasteiger partial charge in [-0.15, -0.1) is 0 Å². The largest absolute Gasteiger partial charge is 0.497 e. The van der Waals surface area contributed by atoms with E-state index in [1.165, 1.54) is 0 Å². The molecule has 8 bridgehead atoms. The topological polar surface area (TPSA) is 198 Å². The van der Waals surface area contributed by atoms with Gasteiger partial charge >= 0.3 is 0 Å². The molecule has 4 aromatic heterocycles. The molecule has 13 rings (SSSR count). The van der Waals surface area contributed by atoms with E-state index in [0.717, 1.165) is 199 Å². The molecule has 0 unspecified atom stereocenters. The number of fused-ring (bicyclic) bond motifs is 7. The van der Waals surface area contributed by atoms with Crippen molar-refractivity contribution in [3.8, 4) is 11.5 Å². The zero-order chi connectivity index (χ0) is 67.2. The SMILES string of the molecule is CN1C=CC(=C2C3=NC(=C(c4ccc(OCCCCC(O)=NCCCCNc5ccnc6cc(Cl)ccc56)cc4)C4=NC(=C(c5ccc(OCCCCC(O)=NCCCC[NH2+]c6ccnc7cc(Cl)ccc67)cc5)c5ccc([nH]5)C(c5cc[n+](C)cc5)=C5C=CC2=N5)C=C4)C=C3)C=C1. The number of benzene rings is 4. The second-order valence-corrected chi connectivity index (χ2v) is 25.5. The lowest BCUT2D eigenvalue weighted by Crippen LogP contribution is -2.78. The van der Waals surface area contributed by atoms with E-state index in [2.05, 4.69) is 145 Å². The molecule has 0 fully saturated rings. The number of pyridine rings is 3. The molecule has 6 N–H and O–H groups in total. The fourth-order valence-electron chi connectivity index (χ4n) is 12.4. The van der Waals surface area contributed by atoms with Crippen LogP contribution in [0.2, 0.25) is 10.0 Å². The molecule has 9 heterocycles. The Balaban J connectivity index is 0.699. The number of aliphatic hydroxyl groups is 2. The molecule has 0 saturated heterocycles. The summed E-state index contributed by atoms with van der Waals surface area (Å²) in [4.78, 5) is 40.2. The molecule has 5 aliphatic heterocycles. The highest BCUT2D eigenvalue weighted by molar-refractivity contribution is 6.37. The van der Waals surface area contributed by atoms with Gasteiger partial charge in [0.1, 0.15) is 24.2 Å². The second-order valence-electron chi connectivity index (χ2n) is 24.6. The van der Waals surface area contributed by atoms with E-state index in [4.69, 9.17) is 47.7 Å². The number of hydrogen-bond acceptors (Lipinski definition) is 11. The number of nitrogens with zero attached hydrogens (tertiary/aromatic N) is 9. The van der Waals surface area contributed by atoms with Gasteiger partial charge in [-0.25, -0.2) is 19.5 Å². The maximum absolute atomic E-state index is 10.6. The number of quaternary nitrogens is 1. The first-order valence-electron chi connectivity index (χ1n) is 33.6. The van der Waals surface area contributed by atoms with Gasteiger partial charge in [-0.2, -0.15) is 0 Å². The van der Waals surface area contributed by atoms with Crippen LogP contribution in [-0.2, 0) is 7.05 Å². The van der Waals surface area contributed by atoms with E-state index in [1.54, 1.807) is 6.20 Å².